The number of hydrogen-bond acceptors (Lipinski definition) is 5. The van der Waals surface area contributed by atoms with Crippen LogP contribution in [-0.4, -0.2) is 34.7 Å². The van der Waals surface area contributed by atoms with Gasteiger partial charge in [0.15, 0.2) is 4.73 Å². The molecule has 1 fully saturated rings. The van der Waals surface area contributed by atoms with Crippen LogP contribution in [0.1, 0.15) is 18.9 Å². The SMILES string of the molecule is Nc1nc(Br)n(C2CCS(=O)(=O)CC2)n1. The lowest BCUT2D eigenvalue weighted by Crippen LogP contribution is -2.26. The fourth-order valence-corrected chi connectivity index (χ4v) is 3.69. The summed E-state index contributed by atoms with van der Waals surface area (Å²) < 4.78 is 24.7. The van der Waals surface area contributed by atoms with Crippen molar-refractivity contribution in [2.75, 3.05) is 17.2 Å². The molecule has 1 aromatic rings. The normalized spacial score (nSPS) is 21.7. The molecule has 15 heavy (non-hydrogen) atoms. The van der Waals surface area contributed by atoms with Gasteiger partial charge in [-0.3, -0.25) is 0 Å². The molecule has 84 valence electrons. The Bertz CT molecular complexity index is 455. The largest absolute Gasteiger partial charge is 0.366 e. The van der Waals surface area contributed by atoms with E-state index in [0.717, 1.165) is 0 Å². The van der Waals surface area contributed by atoms with Crippen LogP contribution in [0.2, 0.25) is 0 Å². The predicted octanol–water partition coefficient (Wildman–Crippen LogP) is 0.372. The van der Waals surface area contributed by atoms with E-state index in [9.17, 15) is 8.42 Å². The van der Waals surface area contributed by atoms with Gasteiger partial charge in [-0.05, 0) is 28.8 Å². The first kappa shape index (κ1) is 10.9. The first-order chi connectivity index (χ1) is 6.98. The molecule has 2 heterocycles. The minimum Gasteiger partial charge on any atom is -0.366 e. The van der Waals surface area contributed by atoms with E-state index >= 15 is 0 Å². The lowest BCUT2D eigenvalue weighted by atomic mass is 10.2. The molecule has 0 atom stereocenters. The van der Waals surface area contributed by atoms with Gasteiger partial charge in [0.05, 0.1) is 17.5 Å². The summed E-state index contributed by atoms with van der Waals surface area (Å²) in [5.74, 6) is 0.628. The smallest absolute Gasteiger partial charge is 0.240 e. The maximum absolute atomic E-state index is 11.2. The van der Waals surface area contributed by atoms with Crippen molar-refractivity contribution in [2.24, 2.45) is 0 Å². The summed E-state index contributed by atoms with van der Waals surface area (Å²) >= 11 is 3.24. The fourth-order valence-electron chi connectivity index (χ4n) is 1.67. The van der Waals surface area contributed by atoms with Crippen molar-refractivity contribution in [3.05, 3.63) is 4.73 Å². The van der Waals surface area contributed by atoms with Gasteiger partial charge in [0, 0.05) is 0 Å². The Morgan fingerprint density at radius 1 is 1.40 bits per heavy atom. The highest BCUT2D eigenvalue weighted by molar-refractivity contribution is 9.10. The van der Waals surface area contributed by atoms with Gasteiger partial charge in [0.25, 0.3) is 0 Å². The number of halogens is 1. The van der Waals surface area contributed by atoms with Gasteiger partial charge in [0.1, 0.15) is 9.84 Å². The summed E-state index contributed by atoms with van der Waals surface area (Å²) in [5.41, 5.74) is 5.45. The molecule has 6 nitrogen and oxygen atoms in total. The van der Waals surface area contributed by atoms with Gasteiger partial charge in [-0.1, -0.05) is 0 Å². The third-order valence-corrected chi connectivity index (χ3v) is 4.73. The molecule has 0 aromatic carbocycles. The van der Waals surface area contributed by atoms with Gasteiger partial charge in [0.2, 0.25) is 5.95 Å². The molecule has 2 N–H and O–H groups in total. The Labute approximate surface area is 95.9 Å². The topological polar surface area (TPSA) is 90.9 Å². The molecule has 0 spiro atoms. The molecule has 2 rings (SSSR count). The lowest BCUT2D eigenvalue weighted by Gasteiger charge is -2.22. The Balaban J connectivity index is 2.17. The third-order valence-electron chi connectivity index (χ3n) is 2.48. The van der Waals surface area contributed by atoms with Crippen molar-refractivity contribution in [3.8, 4) is 0 Å². The summed E-state index contributed by atoms with van der Waals surface area (Å²) in [6.45, 7) is 0. The number of nitrogens with two attached hydrogens (primary N) is 1. The van der Waals surface area contributed by atoms with Crippen LogP contribution in [-0.2, 0) is 9.84 Å². The third kappa shape index (κ3) is 2.31. The number of anilines is 1. The van der Waals surface area contributed by atoms with Gasteiger partial charge >= 0.3 is 0 Å². The molecule has 0 aliphatic carbocycles. The second-order valence-electron chi connectivity index (χ2n) is 3.57. The Morgan fingerprint density at radius 3 is 2.47 bits per heavy atom. The van der Waals surface area contributed by atoms with Crippen LogP contribution in [0.3, 0.4) is 0 Å². The fraction of sp³-hybridized carbons (Fsp3) is 0.714. The zero-order chi connectivity index (χ0) is 11.1. The summed E-state index contributed by atoms with van der Waals surface area (Å²) in [6, 6.07) is 0.0766. The van der Waals surface area contributed by atoms with Crippen LogP contribution < -0.4 is 5.73 Å². The Morgan fingerprint density at radius 2 is 2.00 bits per heavy atom. The molecular weight excluding hydrogens is 284 g/mol. The Kier molecular flexibility index (Phi) is 2.72. The van der Waals surface area contributed by atoms with E-state index in [0.29, 0.717) is 17.6 Å². The maximum atomic E-state index is 11.2. The van der Waals surface area contributed by atoms with Gasteiger partial charge in [-0.2, -0.15) is 4.98 Å². The molecule has 0 amide bonds. The van der Waals surface area contributed by atoms with Crippen LogP contribution in [0.25, 0.3) is 0 Å². The number of hydrogen-bond donors (Lipinski definition) is 1. The number of nitrogen functional groups attached to an aromatic ring is 1. The zero-order valence-electron chi connectivity index (χ0n) is 7.93. The van der Waals surface area contributed by atoms with E-state index in [-0.39, 0.29) is 23.5 Å². The van der Waals surface area contributed by atoms with Gasteiger partial charge in [-0.25, -0.2) is 13.1 Å². The van der Waals surface area contributed by atoms with Crippen molar-refractivity contribution in [2.45, 2.75) is 18.9 Å². The summed E-state index contributed by atoms with van der Waals surface area (Å²) in [7, 11) is -2.84. The van der Waals surface area contributed by atoms with Crippen molar-refractivity contribution in [1.29, 1.82) is 0 Å². The van der Waals surface area contributed by atoms with Gasteiger partial charge < -0.3 is 5.73 Å². The summed E-state index contributed by atoms with van der Waals surface area (Å²) in [6.07, 6.45) is 1.15. The van der Waals surface area contributed by atoms with Crippen molar-refractivity contribution in [1.82, 2.24) is 14.8 Å². The van der Waals surface area contributed by atoms with E-state index < -0.39 is 9.84 Å². The van der Waals surface area contributed by atoms with Crippen molar-refractivity contribution < 1.29 is 8.42 Å². The lowest BCUT2D eigenvalue weighted by molar-refractivity contribution is 0.406. The monoisotopic (exact) mass is 294 g/mol. The van der Waals surface area contributed by atoms with E-state index in [1.165, 1.54) is 0 Å². The molecular formula is C7H11BrN4O2S. The van der Waals surface area contributed by atoms with E-state index in [1.54, 1.807) is 4.68 Å². The van der Waals surface area contributed by atoms with E-state index in [1.807, 2.05) is 0 Å². The summed E-state index contributed by atoms with van der Waals surface area (Å²) in [5, 5.41) is 4.02. The molecule has 1 aromatic heterocycles. The highest BCUT2D eigenvalue weighted by Crippen LogP contribution is 2.26. The minimum absolute atomic E-state index is 0.0766. The molecule has 8 heteroatoms. The number of aromatic nitrogens is 3. The standard InChI is InChI=1S/C7H11BrN4O2S/c8-6-10-7(9)11-12(6)5-1-3-15(13,14)4-2-5/h5H,1-4H2,(H2,9,11). The highest BCUT2D eigenvalue weighted by atomic mass is 79.9. The highest BCUT2D eigenvalue weighted by Gasteiger charge is 2.26. The van der Waals surface area contributed by atoms with Crippen molar-refractivity contribution >= 4 is 31.7 Å². The van der Waals surface area contributed by atoms with Crippen LogP contribution in [0.15, 0.2) is 4.73 Å². The molecule has 1 saturated heterocycles. The Hall–Kier alpha value is -0.630. The summed E-state index contributed by atoms with van der Waals surface area (Å²) in [4.78, 5) is 3.92. The van der Waals surface area contributed by atoms with E-state index in [2.05, 4.69) is 26.0 Å². The van der Waals surface area contributed by atoms with Crippen LogP contribution in [0, 0.1) is 0 Å². The van der Waals surface area contributed by atoms with Gasteiger partial charge in [-0.15, -0.1) is 5.10 Å². The second kappa shape index (κ2) is 3.75. The van der Waals surface area contributed by atoms with Crippen LogP contribution >= 0.6 is 15.9 Å². The van der Waals surface area contributed by atoms with Crippen molar-refractivity contribution in [3.63, 3.8) is 0 Å². The molecule has 1 aliphatic heterocycles. The number of nitrogens with zero attached hydrogens (tertiary/aromatic N) is 3. The molecule has 0 radical (unpaired) electrons. The number of sulfone groups is 1. The average molecular weight is 295 g/mol. The second-order valence-corrected chi connectivity index (χ2v) is 6.58. The molecule has 0 saturated carbocycles. The zero-order valence-corrected chi connectivity index (χ0v) is 10.3. The predicted molar refractivity (Wildman–Crippen MR) is 59.1 cm³/mol. The first-order valence-corrected chi connectivity index (χ1v) is 7.17. The quantitative estimate of drug-likeness (QED) is 0.808. The molecule has 0 bridgehead atoms. The number of rotatable bonds is 1. The average Bonchev–Trinajstić information content (AvgIpc) is 2.45. The van der Waals surface area contributed by atoms with E-state index in [4.69, 9.17) is 5.73 Å². The maximum Gasteiger partial charge on any atom is 0.240 e. The first-order valence-electron chi connectivity index (χ1n) is 4.56. The molecule has 0 unspecified atom stereocenters. The molecule has 1 aliphatic rings. The minimum atomic E-state index is -2.84. The van der Waals surface area contributed by atoms with Crippen LogP contribution in [0.5, 0.6) is 0 Å². The van der Waals surface area contributed by atoms with Crippen LogP contribution in [0.4, 0.5) is 5.95 Å².